The summed E-state index contributed by atoms with van der Waals surface area (Å²) in [5.74, 6) is 0. The molecule has 2 aromatic heterocycles. The zero-order valence-corrected chi connectivity index (χ0v) is 13.7. The van der Waals surface area contributed by atoms with E-state index in [1.807, 2.05) is 0 Å². The predicted molar refractivity (Wildman–Crippen MR) is 84.3 cm³/mol. The Kier molecular flexibility index (Phi) is 5.31. The van der Waals surface area contributed by atoms with Gasteiger partial charge in [-0.25, -0.2) is 4.98 Å². The van der Waals surface area contributed by atoms with Gasteiger partial charge in [0.25, 0.3) is 0 Å². The fourth-order valence-electron chi connectivity index (χ4n) is 2.30. The summed E-state index contributed by atoms with van der Waals surface area (Å²) in [6, 6.07) is 0. The third-order valence-corrected chi connectivity index (χ3v) is 4.42. The van der Waals surface area contributed by atoms with Crippen molar-refractivity contribution in [1.82, 2.24) is 20.1 Å². The molecule has 0 fully saturated rings. The van der Waals surface area contributed by atoms with Crippen molar-refractivity contribution in [2.75, 3.05) is 6.54 Å². The Hall–Kier alpha value is -1.20. The van der Waals surface area contributed by atoms with Crippen LogP contribution in [0.1, 0.15) is 47.9 Å². The number of thiazole rings is 1. The number of aryl methyl sites for hydroxylation is 2. The quantitative estimate of drug-likeness (QED) is 0.853. The Morgan fingerprint density at radius 2 is 2.10 bits per heavy atom. The van der Waals surface area contributed by atoms with Crippen LogP contribution >= 0.6 is 11.3 Å². The molecule has 1 N–H and O–H groups in total. The van der Waals surface area contributed by atoms with Crippen LogP contribution in [0.25, 0.3) is 0 Å². The fraction of sp³-hybridized carbons (Fsp3) is 0.600. The van der Waals surface area contributed by atoms with Gasteiger partial charge in [-0.1, -0.05) is 13.8 Å². The van der Waals surface area contributed by atoms with Crippen LogP contribution in [0.2, 0.25) is 0 Å². The molecule has 0 radical (unpaired) electrons. The number of hydrogen-bond acceptors (Lipinski definition) is 4. The van der Waals surface area contributed by atoms with E-state index in [1.165, 1.54) is 16.3 Å². The molecule has 0 aliphatic carbocycles. The monoisotopic (exact) mass is 292 g/mol. The van der Waals surface area contributed by atoms with Crippen LogP contribution in [0, 0.1) is 13.8 Å². The van der Waals surface area contributed by atoms with Crippen molar-refractivity contribution < 1.29 is 0 Å². The lowest BCUT2D eigenvalue weighted by atomic mass is 10.2. The largest absolute Gasteiger partial charge is 0.313 e. The van der Waals surface area contributed by atoms with E-state index in [4.69, 9.17) is 0 Å². The Bertz CT molecular complexity index is 556. The molecular formula is C15H24N4S. The number of rotatable bonds is 7. The van der Waals surface area contributed by atoms with E-state index >= 15 is 0 Å². The first kappa shape index (κ1) is 15.2. The van der Waals surface area contributed by atoms with Crippen molar-refractivity contribution in [2.45, 2.75) is 53.6 Å². The summed E-state index contributed by atoms with van der Waals surface area (Å²) in [6.07, 6.45) is 2.23. The highest BCUT2D eigenvalue weighted by atomic mass is 32.1. The SMILES string of the molecule is CCCc1nc(Cn2nc(C)c(CNCC)c2C)cs1. The average molecular weight is 292 g/mol. The number of aromatic nitrogens is 3. The van der Waals surface area contributed by atoms with Crippen molar-refractivity contribution in [1.29, 1.82) is 0 Å². The molecule has 4 nitrogen and oxygen atoms in total. The third kappa shape index (κ3) is 3.46. The van der Waals surface area contributed by atoms with Gasteiger partial charge in [-0.3, -0.25) is 4.68 Å². The highest BCUT2D eigenvalue weighted by molar-refractivity contribution is 7.09. The number of nitrogens with zero attached hydrogens (tertiary/aromatic N) is 3. The summed E-state index contributed by atoms with van der Waals surface area (Å²) in [7, 11) is 0. The van der Waals surface area contributed by atoms with E-state index in [-0.39, 0.29) is 0 Å². The van der Waals surface area contributed by atoms with Crippen LogP contribution in [0.5, 0.6) is 0 Å². The van der Waals surface area contributed by atoms with Gasteiger partial charge in [0.05, 0.1) is 22.9 Å². The van der Waals surface area contributed by atoms with Crippen LogP contribution < -0.4 is 5.32 Å². The Balaban J connectivity index is 2.12. The maximum Gasteiger partial charge on any atom is 0.0928 e. The maximum atomic E-state index is 4.68. The predicted octanol–water partition coefficient (Wildman–Crippen LogP) is 3.07. The lowest BCUT2D eigenvalue weighted by Crippen LogP contribution is -2.13. The third-order valence-electron chi connectivity index (χ3n) is 3.46. The summed E-state index contributed by atoms with van der Waals surface area (Å²) >= 11 is 1.76. The fourth-order valence-corrected chi connectivity index (χ4v) is 3.19. The first-order valence-electron chi connectivity index (χ1n) is 7.32. The molecule has 110 valence electrons. The van der Waals surface area contributed by atoms with Crippen molar-refractivity contribution in [2.24, 2.45) is 0 Å². The van der Waals surface area contributed by atoms with Crippen LogP contribution in [0.3, 0.4) is 0 Å². The van der Waals surface area contributed by atoms with Crippen molar-refractivity contribution in [3.8, 4) is 0 Å². The van der Waals surface area contributed by atoms with Crippen LogP contribution in [-0.4, -0.2) is 21.3 Å². The van der Waals surface area contributed by atoms with Gasteiger partial charge in [-0.05, 0) is 33.2 Å². The minimum Gasteiger partial charge on any atom is -0.313 e. The van der Waals surface area contributed by atoms with E-state index in [1.54, 1.807) is 11.3 Å². The molecule has 0 saturated carbocycles. The molecule has 0 saturated heterocycles. The van der Waals surface area contributed by atoms with E-state index in [0.717, 1.165) is 43.9 Å². The summed E-state index contributed by atoms with van der Waals surface area (Å²) in [6.45, 7) is 11.2. The van der Waals surface area contributed by atoms with Gasteiger partial charge in [-0.2, -0.15) is 5.10 Å². The molecule has 0 aromatic carbocycles. The zero-order chi connectivity index (χ0) is 14.5. The highest BCUT2D eigenvalue weighted by Crippen LogP contribution is 2.17. The topological polar surface area (TPSA) is 42.7 Å². The number of hydrogen-bond donors (Lipinski definition) is 1. The molecule has 2 rings (SSSR count). The minimum absolute atomic E-state index is 0.777. The van der Waals surface area contributed by atoms with Gasteiger partial charge in [-0.15, -0.1) is 11.3 Å². The minimum atomic E-state index is 0.777. The molecule has 0 amide bonds. The van der Waals surface area contributed by atoms with E-state index < -0.39 is 0 Å². The second-order valence-corrected chi connectivity index (χ2v) is 6.01. The first-order chi connectivity index (χ1) is 9.65. The van der Waals surface area contributed by atoms with E-state index in [2.05, 4.69) is 53.2 Å². The normalized spacial score (nSPS) is 11.2. The summed E-state index contributed by atoms with van der Waals surface area (Å²) in [5.41, 5.74) is 4.80. The molecule has 0 aliphatic rings. The maximum absolute atomic E-state index is 4.68. The standard InChI is InChI=1S/C15H24N4S/c1-5-7-15-17-13(10-20-15)9-19-12(4)14(8-16-6-2)11(3)18-19/h10,16H,5-9H2,1-4H3. The van der Waals surface area contributed by atoms with Gasteiger partial charge < -0.3 is 5.32 Å². The lowest BCUT2D eigenvalue weighted by Gasteiger charge is -2.04. The number of nitrogens with one attached hydrogen (secondary N) is 1. The Morgan fingerprint density at radius 1 is 1.30 bits per heavy atom. The summed E-state index contributed by atoms with van der Waals surface area (Å²) in [5, 5.41) is 11.4. The van der Waals surface area contributed by atoms with Gasteiger partial charge in [0.2, 0.25) is 0 Å². The van der Waals surface area contributed by atoms with Crippen molar-refractivity contribution in [3.05, 3.63) is 33.0 Å². The average Bonchev–Trinajstić information content (AvgIpc) is 2.95. The van der Waals surface area contributed by atoms with Crippen molar-refractivity contribution >= 4 is 11.3 Å². The van der Waals surface area contributed by atoms with Crippen LogP contribution in [0.4, 0.5) is 0 Å². The molecule has 2 aromatic rings. The molecule has 2 heterocycles. The molecule has 20 heavy (non-hydrogen) atoms. The Morgan fingerprint density at radius 3 is 2.80 bits per heavy atom. The zero-order valence-electron chi connectivity index (χ0n) is 12.9. The van der Waals surface area contributed by atoms with E-state index in [9.17, 15) is 0 Å². The van der Waals surface area contributed by atoms with Crippen molar-refractivity contribution in [3.63, 3.8) is 0 Å². The van der Waals surface area contributed by atoms with Crippen LogP contribution in [0.15, 0.2) is 5.38 Å². The molecule has 0 aliphatic heterocycles. The molecular weight excluding hydrogens is 268 g/mol. The second kappa shape index (κ2) is 6.99. The molecule has 0 unspecified atom stereocenters. The smallest absolute Gasteiger partial charge is 0.0928 e. The molecule has 0 spiro atoms. The summed E-state index contributed by atoms with van der Waals surface area (Å²) in [4.78, 5) is 4.68. The summed E-state index contributed by atoms with van der Waals surface area (Å²) < 4.78 is 2.08. The highest BCUT2D eigenvalue weighted by Gasteiger charge is 2.12. The molecule has 0 bridgehead atoms. The van der Waals surface area contributed by atoms with Gasteiger partial charge >= 0.3 is 0 Å². The van der Waals surface area contributed by atoms with Gasteiger partial charge in [0, 0.05) is 23.2 Å². The Labute approximate surface area is 125 Å². The first-order valence-corrected chi connectivity index (χ1v) is 8.20. The molecule has 5 heteroatoms. The lowest BCUT2D eigenvalue weighted by molar-refractivity contribution is 0.644. The molecule has 0 atom stereocenters. The van der Waals surface area contributed by atoms with E-state index in [0.29, 0.717) is 0 Å². The van der Waals surface area contributed by atoms with Crippen LogP contribution in [-0.2, 0) is 19.5 Å². The second-order valence-electron chi connectivity index (χ2n) is 5.07. The van der Waals surface area contributed by atoms with Gasteiger partial charge in [0.1, 0.15) is 0 Å². The van der Waals surface area contributed by atoms with Gasteiger partial charge in [0.15, 0.2) is 0 Å².